The van der Waals surface area contributed by atoms with Gasteiger partial charge in [-0.15, -0.1) is 10.2 Å². The van der Waals surface area contributed by atoms with E-state index < -0.39 is 0 Å². The fraction of sp³-hybridized carbons (Fsp3) is 0.294. The second-order valence-electron chi connectivity index (χ2n) is 6.06. The van der Waals surface area contributed by atoms with Gasteiger partial charge in [0, 0.05) is 46.4 Å². The highest BCUT2D eigenvalue weighted by Gasteiger charge is 2.16. The van der Waals surface area contributed by atoms with Gasteiger partial charge in [-0.2, -0.15) is 0 Å². The average Bonchev–Trinajstić information content (AvgIpc) is 2.96. The van der Waals surface area contributed by atoms with Crippen molar-refractivity contribution in [1.82, 2.24) is 9.88 Å². The van der Waals surface area contributed by atoms with Crippen LogP contribution in [0.2, 0.25) is 0 Å². The minimum absolute atomic E-state index is 0.849. The van der Waals surface area contributed by atoms with Crippen LogP contribution < -0.4 is 5.36 Å². The number of pyridine rings is 1. The quantitative estimate of drug-likeness (QED) is 0.744. The summed E-state index contributed by atoms with van der Waals surface area (Å²) in [5.74, 6) is 0. The van der Waals surface area contributed by atoms with Crippen molar-refractivity contribution in [3.8, 4) is 0 Å². The molecule has 2 aromatic carbocycles. The van der Waals surface area contributed by atoms with Gasteiger partial charge < -0.3 is 4.90 Å². The van der Waals surface area contributed by atoms with Crippen molar-refractivity contribution < 1.29 is 0 Å². The molecule has 0 spiro atoms. The zero-order valence-corrected chi connectivity index (χ0v) is 13.0. The lowest BCUT2D eigenvalue weighted by molar-refractivity contribution is 0.412. The van der Waals surface area contributed by atoms with Gasteiger partial charge in [-0.1, -0.05) is 12.1 Å². The number of hydrogen-bond acceptors (Lipinski definition) is 5. The van der Waals surface area contributed by atoms with Gasteiger partial charge in [0.15, 0.2) is 0 Å². The summed E-state index contributed by atoms with van der Waals surface area (Å²) in [6.45, 7) is 3.08. The average molecular weight is 291 g/mol. The molecule has 0 radical (unpaired) electrons. The number of aryl methyl sites for hydroxylation is 1. The maximum atomic E-state index is 4.69. The molecule has 5 heteroatoms. The highest BCUT2D eigenvalue weighted by Crippen LogP contribution is 2.32. The first-order chi connectivity index (χ1) is 10.6. The third-order valence-corrected chi connectivity index (χ3v) is 4.24. The summed E-state index contributed by atoms with van der Waals surface area (Å²) in [6, 6.07) is 6.33. The molecule has 1 aliphatic rings. The Morgan fingerprint density at radius 3 is 2.82 bits per heavy atom. The van der Waals surface area contributed by atoms with Crippen molar-refractivity contribution in [3.63, 3.8) is 0 Å². The van der Waals surface area contributed by atoms with E-state index in [1.165, 1.54) is 16.3 Å². The monoisotopic (exact) mass is 291 g/mol. The van der Waals surface area contributed by atoms with E-state index in [-0.39, 0.29) is 0 Å². The fourth-order valence-electron chi connectivity index (χ4n) is 3.10. The smallest absolute Gasteiger partial charge is 0.123 e. The van der Waals surface area contributed by atoms with Gasteiger partial charge in [0.05, 0.1) is 0 Å². The Labute approximate surface area is 128 Å². The highest BCUT2D eigenvalue weighted by molar-refractivity contribution is 6.12. The van der Waals surface area contributed by atoms with Gasteiger partial charge in [0.25, 0.3) is 0 Å². The Kier molecular flexibility index (Phi) is 2.90. The molecule has 0 N–H and O–H groups in total. The van der Waals surface area contributed by atoms with E-state index in [4.69, 9.17) is 0 Å². The molecule has 3 aromatic rings. The zero-order chi connectivity index (χ0) is 15.3. The molecule has 2 heterocycles. The number of fused-ring (bicyclic) bond motifs is 2. The molecular weight excluding hydrogens is 274 g/mol. The van der Waals surface area contributed by atoms with Gasteiger partial charge in [0.1, 0.15) is 11.0 Å². The second kappa shape index (κ2) is 4.81. The van der Waals surface area contributed by atoms with Gasteiger partial charge >= 0.3 is 0 Å². The minimum Gasteiger partial charge on any atom is -0.309 e. The highest BCUT2D eigenvalue weighted by atomic mass is 15.4. The van der Waals surface area contributed by atoms with Crippen molar-refractivity contribution in [3.05, 3.63) is 41.0 Å². The molecule has 0 fully saturated rings. The van der Waals surface area contributed by atoms with Crippen LogP contribution in [0, 0.1) is 6.92 Å². The molecule has 0 aliphatic carbocycles. The first kappa shape index (κ1) is 13.3. The third kappa shape index (κ3) is 1.89. The molecular formula is C17H17N5. The van der Waals surface area contributed by atoms with Crippen molar-refractivity contribution in [1.29, 1.82) is 0 Å². The summed E-state index contributed by atoms with van der Waals surface area (Å²) >= 11 is 0. The van der Waals surface area contributed by atoms with E-state index in [0.29, 0.717) is 0 Å². The topological polar surface area (TPSA) is 53.2 Å². The van der Waals surface area contributed by atoms with E-state index in [2.05, 4.69) is 64.5 Å². The summed E-state index contributed by atoms with van der Waals surface area (Å²) in [6.07, 6.45) is 2.88. The maximum absolute atomic E-state index is 4.69. The molecule has 1 aliphatic heterocycles. The summed E-state index contributed by atoms with van der Waals surface area (Å²) in [4.78, 5) is 6.86. The lowest BCUT2D eigenvalue weighted by atomic mass is 9.95. The fourth-order valence-corrected chi connectivity index (χ4v) is 3.10. The molecule has 0 saturated heterocycles. The predicted molar refractivity (Wildman–Crippen MR) is 87.5 cm³/mol. The van der Waals surface area contributed by atoms with Crippen LogP contribution in [0.1, 0.15) is 11.3 Å². The van der Waals surface area contributed by atoms with Crippen LogP contribution in [0.15, 0.2) is 39.8 Å². The van der Waals surface area contributed by atoms with Crippen molar-refractivity contribution >= 4 is 27.2 Å². The van der Waals surface area contributed by atoms with Gasteiger partial charge in [-0.05, 0) is 37.9 Å². The maximum Gasteiger partial charge on any atom is 0.123 e. The van der Waals surface area contributed by atoms with Crippen LogP contribution in [-0.4, -0.2) is 30.5 Å². The van der Waals surface area contributed by atoms with Gasteiger partial charge in [0.2, 0.25) is 0 Å². The van der Waals surface area contributed by atoms with Crippen LogP contribution in [-0.2, 0) is 6.42 Å². The van der Waals surface area contributed by atoms with Gasteiger partial charge in [-0.3, -0.25) is 4.98 Å². The molecule has 0 atom stereocenters. The molecule has 5 nitrogen and oxygen atoms in total. The van der Waals surface area contributed by atoms with Crippen molar-refractivity contribution in [2.45, 2.75) is 13.3 Å². The Balaban J connectivity index is 2.09. The molecule has 0 bridgehead atoms. The Morgan fingerprint density at radius 2 is 2.00 bits per heavy atom. The van der Waals surface area contributed by atoms with E-state index >= 15 is 0 Å². The van der Waals surface area contributed by atoms with Crippen molar-refractivity contribution in [2.24, 2.45) is 15.4 Å². The number of rotatable bonds is 3. The standard InChI is InChI=1S/C17H17N5/c1-10-4-5-11-9-18-13(6-7-22(2)3)12-8-14-17(20-21-19-14)15(10)16(11)12/h4-5,8-9H,6-7H2,1-3H3. The van der Waals surface area contributed by atoms with E-state index in [9.17, 15) is 0 Å². The summed E-state index contributed by atoms with van der Waals surface area (Å²) < 4.78 is 0. The summed E-state index contributed by atoms with van der Waals surface area (Å²) in [5, 5.41) is 17.8. The normalized spacial score (nSPS) is 13.3. The van der Waals surface area contributed by atoms with Gasteiger partial charge in [-0.25, -0.2) is 0 Å². The van der Waals surface area contributed by atoms with Crippen LogP contribution >= 0.6 is 0 Å². The lowest BCUT2D eigenvalue weighted by Gasteiger charge is -2.14. The van der Waals surface area contributed by atoms with E-state index in [1.54, 1.807) is 0 Å². The largest absolute Gasteiger partial charge is 0.309 e. The van der Waals surface area contributed by atoms with E-state index in [1.807, 2.05) is 6.20 Å². The summed E-state index contributed by atoms with van der Waals surface area (Å²) in [5.41, 5.74) is 3.17. The van der Waals surface area contributed by atoms with Crippen LogP contribution in [0.25, 0.3) is 21.5 Å². The molecule has 0 unspecified atom stereocenters. The molecule has 4 rings (SSSR count). The zero-order valence-electron chi connectivity index (χ0n) is 13.0. The number of benzene rings is 2. The molecule has 110 valence electrons. The Hall–Kier alpha value is -2.40. The number of nitrogens with zero attached hydrogens (tertiary/aromatic N) is 5. The molecule has 0 amide bonds. The SMILES string of the molecule is Cc1ccc2cnc(CCN(C)C)c3cc4c(c1c23)=NN=N4. The Morgan fingerprint density at radius 1 is 1.14 bits per heavy atom. The third-order valence-electron chi connectivity index (χ3n) is 4.24. The van der Waals surface area contributed by atoms with Crippen molar-refractivity contribution in [2.75, 3.05) is 20.6 Å². The number of likely N-dealkylation sites (N-methyl/N-ethyl adjacent to an activating group) is 1. The number of hydrogen-bond donors (Lipinski definition) is 0. The number of aromatic nitrogens is 1. The minimum atomic E-state index is 0.849. The van der Waals surface area contributed by atoms with Crippen LogP contribution in [0.3, 0.4) is 0 Å². The predicted octanol–water partition coefficient (Wildman–Crippen LogP) is 3.15. The lowest BCUT2D eigenvalue weighted by Crippen LogP contribution is -2.16. The van der Waals surface area contributed by atoms with Crippen LogP contribution in [0.5, 0.6) is 0 Å². The molecule has 1 aromatic heterocycles. The van der Waals surface area contributed by atoms with E-state index in [0.717, 1.165) is 40.5 Å². The first-order valence-corrected chi connectivity index (χ1v) is 7.42. The molecule has 22 heavy (non-hydrogen) atoms. The first-order valence-electron chi connectivity index (χ1n) is 7.42. The Bertz CT molecular complexity index is 972. The second-order valence-corrected chi connectivity index (χ2v) is 6.06. The molecule has 0 saturated carbocycles. The van der Waals surface area contributed by atoms with Crippen LogP contribution in [0.4, 0.5) is 5.69 Å². The summed E-state index contributed by atoms with van der Waals surface area (Å²) in [7, 11) is 4.16.